The number of rotatable bonds is 3. The van der Waals surface area contributed by atoms with Crippen molar-refractivity contribution in [1.82, 2.24) is 0 Å². The van der Waals surface area contributed by atoms with E-state index in [9.17, 15) is 5.11 Å². The second-order valence-corrected chi connectivity index (χ2v) is 7.18. The maximum atomic E-state index is 10.8. The second-order valence-electron chi connectivity index (χ2n) is 7.18. The van der Waals surface area contributed by atoms with Crippen molar-refractivity contribution in [1.29, 1.82) is 0 Å². The van der Waals surface area contributed by atoms with E-state index in [0.29, 0.717) is 12.0 Å². The summed E-state index contributed by atoms with van der Waals surface area (Å²) in [6.45, 7) is 2.03. The van der Waals surface area contributed by atoms with Crippen molar-refractivity contribution in [2.75, 3.05) is 21.1 Å². The van der Waals surface area contributed by atoms with Gasteiger partial charge in [0.2, 0.25) is 0 Å². The highest BCUT2D eigenvalue weighted by Gasteiger charge is 2.45. The Morgan fingerprint density at radius 2 is 1.79 bits per heavy atom. The molecule has 0 heterocycles. The Bertz CT molecular complexity index is 405. The summed E-state index contributed by atoms with van der Waals surface area (Å²) in [7, 11) is 6.72. The van der Waals surface area contributed by atoms with E-state index in [2.05, 4.69) is 51.5 Å². The molecule has 0 aliphatic heterocycles. The molecule has 106 valence electrons. The van der Waals surface area contributed by atoms with Crippen molar-refractivity contribution in [3.8, 4) is 0 Å². The first kappa shape index (κ1) is 14.5. The molecular formula is C17H28NO+. The second kappa shape index (κ2) is 5.26. The quantitative estimate of drug-likeness (QED) is 0.828. The van der Waals surface area contributed by atoms with E-state index in [1.54, 1.807) is 0 Å². The summed E-state index contributed by atoms with van der Waals surface area (Å²) < 4.78 is 0.866. The molecule has 1 aliphatic carbocycles. The molecule has 0 bridgehead atoms. The lowest BCUT2D eigenvalue weighted by molar-refractivity contribution is -0.908. The van der Waals surface area contributed by atoms with Crippen LogP contribution < -0.4 is 0 Å². The van der Waals surface area contributed by atoms with Gasteiger partial charge in [-0.2, -0.15) is 0 Å². The van der Waals surface area contributed by atoms with E-state index < -0.39 is 5.60 Å². The molecule has 0 spiro atoms. The molecule has 1 aromatic rings. The fourth-order valence-electron chi connectivity index (χ4n) is 3.71. The molecule has 1 aliphatic rings. The van der Waals surface area contributed by atoms with Gasteiger partial charge in [0.1, 0.15) is 6.04 Å². The van der Waals surface area contributed by atoms with Crippen LogP contribution in [0.3, 0.4) is 0 Å². The van der Waals surface area contributed by atoms with Gasteiger partial charge in [0.05, 0.1) is 26.7 Å². The van der Waals surface area contributed by atoms with Crippen LogP contribution in [0.2, 0.25) is 0 Å². The highest BCUT2D eigenvalue weighted by atomic mass is 16.3. The lowest BCUT2D eigenvalue weighted by Crippen LogP contribution is -2.51. The zero-order valence-electron chi connectivity index (χ0n) is 12.8. The van der Waals surface area contributed by atoms with Gasteiger partial charge >= 0.3 is 0 Å². The first-order valence-corrected chi connectivity index (χ1v) is 7.41. The molecule has 1 aromatic carbocycles. The minimum Gasteiger partial charge on any atom is -0.390 e. The highest BCUT2D eigenvalue weighted by Crippen LogP contribution is 2.45. The molecule has 2 rings (SSSR count). The van der Waals surface area contributed by atoms with E-state index in [1.165, 1.54) is 12.0 Å². The fraction of sp³-hybridized carbons (Fsp3) is 0.647. The summed E-state index contributed by atoms with van der Waals surface area (Å²) in [5.74, 6) is 0.337. The molecule has 0 amide bonds. The Kier molecular flexibility index (Phi) is 4.03. The third kappa shape index (κ3) is 3.18. The average molecular weight is 262 g/mol. The van der Waals surface area contributed by atoms with Crippen LogP contribution in [-0.2, 0) is 0 Å². The number of quaternary nitrogens is 1. The fourth-order valence-corrected chi connectivity index (χ4v) is 3.71. The average Bonchev–Trinajstić information content (AvgIpc) is 2.31. The first-order valence-electron chi connectivity index (χ1n) is 7.41. The number of hydrogen-bond acceptors (Lipinski definition) is 1. The molecule has 2 nitrogen and oxygen atoms in total. The van der Waals surface area contributed by atoms with Crippen LogP contribution in [-0.4, -0.2) is 36.3 Å². The van der Waals surface area contributed by atoms with Crippen LogP contribution in [0.15, 0.2) is 30.3 Å². The predicted molar refractivity (Wildman–Crippen MR) is 79.8 cm³/mol. The largest absolute Gasteiger partial charge is 0.390 e. The van der Waals surface area contributed by atoms with Crippen LogP contribution in [0.1, 0.15) is 44.2 Å². The molecule has 1 saturated carbocycles. The van der Waals surface area contributed by atoms with Crippen LogP contribution in [0, 0.1) is 5.92 Å². The van der Waals surface area contributed by atoms with Gasteiger partial charge in [-0.25, -0.2) is 0 Å². The third-order valence-corrected chi connectivity index (χ3v) is 4.60. The maximum absolute atomic E-state index is 10.8. The normalized spacial score (nSPS) is 30.1. The van der Waals surface area contributed by atoms with E-state index in [4.69, 9.17) is 0 Å². The van der Waals surface area contributed by atoms with Crippen molar-refractivity contribution >= 4 is 0 Å². The Morgan fingerprint density at radius 1 is 1.16 bits per heavy atom. The van der Waals surface area contributed by atoms with Gasteiger partial charge in [0, 0.05) is 11.5 Å². The van der Waals surface area contributed by atoms with Gasteiger partial charge in [-0.05, 0) is 19.8 Å². The van der Waals surface area contributed by atoms with Gasteiger partial charge in [-0.1, -0.05) is 43.2 Å². The van der Waals surface area contributed by atoms with Crippen molar-refractivity contribution in [2.24, 2.45) is 5.92 Å². The van der Waals surface area contributed by atoms with E-state index in [0.717, 1.165) is 23.7 Å². The van der Waals surface area contributed by atoms with Crippen molar-refractivity contribution in [2.45, 2.75) is 44.2 Å². The summed E-state index contributed by atoms with van der Waals surface area (Å²) in [4.78, 5) is 0. The van der Waals surface area contributed by atoms with Gasteiger partial charge in [0.15, 0.2) is 0 Å². The van der Waals surface area contributed by atoms with Crippen LogP contribution in [0.25, 0.3) is 0 Å². The lowest BCUT2D eigenvalue weighted by atomic mass is 9.70. The van der Waals surface area contributed by atoms with Gasteiger partial charge in [-0.3, -0.25) is 0 Å². The molecule has 0 unspecified atom stereocenters. The molecule has 0 radical (unpaired) electrons. The molecule has 3 atom stereocenters. The zero-order chi connectivity index (χ0) is 14.1. The topological polar surface area (TPSA) is 20.2 Å². The lowest BCUT2D eigenvalue weighted by Gasteiger charge is -2.47. The minimum atomic E-state index is -0.537. The zero-order valence-corrected chi connectivity index (χ0v) is 12.8. The SMILES string of the molecule is C[C@]1(O)CCCC[C@H]1[C@H](c1ccccc1)[N+](C)(C)C. The molecule has 2 heteroatoms. The minimum absolute atomic E-state index is 0.337. The molecule has 1 fully saturated rings. The molecule has 0 aromatic heterocycles. The Balaban J connectivity index is 2.39. The molecular weight excluding hydrogens is 234 g/mol. The number of benzene rings is 1. The van der Waals surface area contributed by atoms with Crippen LogP contribution in [0.5, 0.6) is 0 Å². The van der Waals surface area contributed by atoms with Gasteiger partial charge in [0.25, 0.3) is 0 Å². The standard InChI is InChI=1S/C17H28NO/c1-17(19)13-9-8-12-15(17)16(18(2,3)4)14-10-6-5-7-11-14/h5-7,10-11,15-16,19H,8-9,12-13H2,1-4H3/q+1/t15-,16-,17-/m0/s1. The van der Waals surface area contributed by atoms with Crippen molar-refractivity contribution in [3.63, 3.8) is 0 Å². The van der Waals surface area contributed by atoms with Gasteiger partial charge < -0.3 is 9.59 Å². The molecule has 19 heavy (non-hydrogen) atoms. The summed E-state index contributed by atoms with van der Waals surface area (Å²) >= 11 is 0. The van der Waals surface area contributed by atoms with E-state index >= 15 is 0 Å². The van der Waals surface area contributed by atoms with E-state index in [-0.39, 0.29) is 0 Å². The van der Waals surface area contributed by atoms with Crippen molar-refractivity contribution < 1.29 is 9.59 Å². The summed E-state index contributed by atoms with van der Waals surface area (Å²) in [5.41, 5.74) is 0.812. The molecule has 0 saturated heterocycles. The van der Waals surface area contributed by atoms with Crippen molar-refractivity contribution in [3.05, 3.63) is 35.9 Å². The maximum Gasteiger partial charge on any atom is 0.120 e. The number of hydrogen-bond donors (Lipinski definition) is 1. The Labute approximate surface area is 117 Å². The highest BCUT2D eigenvalue weighted by molar-refractivity contribution is 5.19. The van der Waals surface area contributed by atoms with Crippen LogP contribution >= 0.6 is 0 Å². The smallest absolute Gasteiger partial charge is 0.120 e. The summed E-state index contributed by atoms with van der Waals surface area (Å²) in [6, 6.07) is 11.1. The first-order chi connectivity index (χ1) is 8.82. The monoisotopic (exact) mass is 262 g/mol. The van der Waals surface area contributed by atoms with E-state index in [1.807, 2.05) is 6.92 Å². The number of aliphatic hydroxyl groups is 1. The summed E-state index contributed by atoms with van der Waals surface area (Å²) in [5, 5.41) is 10.8. The molecule has 1 N–H and O–H groups in total. The van der Waals surface area contributed by atoms with Crippen LogP contribution in [0.4, 0.5) is 0 Å². The Morgan fingerprint density at radius 3 is 2.32 bits per heavy atom. The predicted octanol–water partition coefficient (Wildman–Crippen LogP) is 3.38. The van der Waals surface area contributed by atoms with Gasteiger partial charge in [-0.15, -0.1) is 0 Å². The number of nitrogens with zero attached hydrogens (tertiary/aromatic N) is 1. The third-order valence-electron chi connectivity index (χ3n) is 4.60. The summed E-state index contributed by atoms with van der Waals surface area (Å²) in [6.07, 6.45) is 4.45. The Hall–Kier alpha value is -0.860.